The molecule has 0 aliphatic rings. The Kier molecular flexibility index (Phi) is 6.65. The van der Waals surface area contributed by atoms with Gasteiger partial charge in [-0.2, -0.15) is 22.0 Å². The van der Waals surface area contributed by atoms with Crippen molar-refractivity contribution in [2.24, 2.45) is 0 Å². The number of carbonyl (C=O) groups excluding carboxylic acids is 1. The Hall–Kier alpha value is -3.22. The molecule has 2 aromatic rings. The summed E-state index contributed by atoms with van der Waals surface area (Å²) in [6.45, 7) is 0. The van der Waals surface area contributed by atoms with Crippen LogP contribution in [-0.4, -0.2) is 22.7 Å². The third-order valence-corrected chi connectivity index (χ3v) is 3.59. The highest BCUT2D eigenvalue weighted by atomic mass is 35.5. The van der Waals surface area contributed by atoms with Gasteiger partial charge in [0.1, 0.15) is 5.75 Å². The van der Waals surface area contributed by atoms with Gasteiger partial charge in [-0.15, -0.1) is 0 Å². The minimum absolute atomic E-state index is 0.00712. The van der Waals surface area contributed by atoms with E-state index in [1.54, 1.807) is 0 Å². The molecule has 0 heterocycles. The van der Waals surface area contributed by atoms with E-state index in [9.17, 15) is 41.3 Å². The molecule has 1 atom stereocenters. The smallest absolute Gasteiger partial charge is 0.429 e. The van der Waals surface area contributed by atoms with Gasteiger partial charge in [0.15, 0.2) is 0 Å². The second kappa shape index (κ2) is 8.65. The number of nitrogens with zero attached hydrogens (tertiary/aromatic N) is 1. The van der Waals surface area contributed by atoms with Crippen LogP contribution >= 0.6 is 11.6 Å². The van der Waals surface area contributed by atoms with Gasteiger partial charge in [-0.25, -0.2) is 9.18 Å². The SMILES string of the molecule is O=C(Nc1ccc(OC(F)(F)C(F)Cl)cc1)Nc1cc([N+](=O)[O-])cc(C(F)(F)F)c1. The molecule has 2 amide bonds. The number of urea groups is 1. The molecule has 2 rings (SSSR count). The van der Waals surface area contributed by atoms with Gasteiger partial charge in [-0.3, -0.25) is 10.1 Å². The summed E-state index contributed by atoms with van der Waals surface area (Å²) in [5, 5.41) is 15.0. The quantitative estimate of drug-likeness (QED) is 0.249. The average Bonchev–Trinajstić information content (AvgIpc) is 2.62. The van der Waals surface area contributed by atoms with Crippen LogP contribution in [0.15, 0.2) is 42.5 Å². The Balaban J connectivity index is 2.10. The van der Waals surface area contributed by atoms with Gasteiger partial charge in [-0.05, 0) is 30.3 Å². The van der Waals surface area contributed by atoms with Crippen molar-refractivity contribution in [3.63, 3.8) is 0 Å². The van der Waals surface area contributed by atoms with Gasteiger partial charge >= 0.3 is 18.3 Å². The zero-order valence-electron chi connectivity index (χ0n) is 14.3. The van der Waals surface area contributed by atoms with Gasteiger partial charge in [0.05, 0.1) is 10.5 Å². The van der Waals surface area contributed by atoms with E-state index in [1.807, 2.05) is 5.32 Å². The van der Waals surface area contributed by atoms with Crippen molar-refractivity contribution >= 4 is 34.7 Å². The summed E-state index contributed by atoms with van der Waals surface area (Å²) in [5.74, 6) is -0.484. The van der Waals surface area contributed by atoms with Crippen LogP contribution in [0.1, 0.15) is 5.56 Å². The monoisotopic (exact) mass is 457 g/mol. The van der Waals surface area contributed by atoms with Crippen molar-refractivity contribution in [2.45, 2.75) is 17.9 Å². The molecule has 7 nitrogen and oxygen atoms in total. The van der Waals surface area contributed by atoms with E-state index in [2.05, 4.69) is 21.7 Å². The molecule has 1 unspecified atom stereocenters. The Labute approximate surface area is 168 Å². The molecule has 2 N–H and O–H groups in total. The number of benzene rings is 2. The second-order valence-electron chi connectivity index (χ2n) is 5.59. The zero-order valence-corrected chi connectivity index (χ0v) is 15.1. The topological polar surface area (TPSA) is 93.5 Å². The number of carbonyl (C=O) groups is 1. The highest BCUT2D eigenvalue weighted by Crippen LogP contribution is 2.34. The molecule has 162 valence electrons. The molecular formula is C16H10ClF6N3O4. The van der Waals surface area contributed by atoms with Gasteiger partial charge < -0.3 is 15.4 Å². The zero-order chi connectivity index (χ0) is 22.7. The Morgan fingerprint density at radius 2 is 1.60 bits per heavy atom. The normalized spacial score (nSPS) is 12.8. The number of non-ortho nitro benzene ring substituents is 1. The van der Waals surface area contributed by atoms with Crippen LogP contribution < -0.4 is 15.4 Å². The van der Waals surface area contributed by atoms with Gasteiger partial charge in [0.25, 0.3) is 11.3 Å². The van der Waals surface area contributed by atoms with Crippen molar-refractivity contribution in [2.75, 3.05) is 10.6 Å². The highest BCUT2D eigenvalue weighted by Gasteiger charge is 2.42. The summed E-state index contributed by atoms with van der Waals surface area (Å²) < 4.78 is 81.2. The lowest BCUT2D eigenvalue weighted by Crippen LogP contribution is -2.32. The lowest BCUT2D eigenvalue weighted by Gasteiger charge is -2.17. The van der Waals surface area contributed by atoms with Crippen LogP contribution in [0.3, 0.4) is 0 Å². The van der Waals surface area contributed by atoms with E-state index in [4.69, 9.17) is 0 Å². The Morgan fingerprint density at radius 1 is 1.03 bits per heavy atom. The first-order valence-corrected chi connectivity index (χ1v) is 8.11. The summed E-state index contributed by atoms with van der Waals surface area (Å²) in [5.41, 5.74) is -5.86. The number of nitro benzene ring substituents is 1. The van der Waals surface area contributed by atoms with E-state index in [-0.39, 0.29) is 5.69 Å². The summed E-state index contributed by atoms with van der Waals surface area (Å²) in [6.07, 6.45) is -9.19. The van der Waals surface area contributed by atoms with E-state index in [1.165, 1.54) is 0 Å². The van der Waals surface area contributed by atoms with Gasteiger partial charge in [0, 0.05) is 23.5 Å². The van der Waals surface area contributed by atoms with Crippen molar-refractivity contribution in [1.29, 1.82) is 0 Å². The van der Waals surface area contributed by atoms with E-state index in [0.717, 1.165) is 24.3 Å². The molecule has 0 aliphatic carbocycles. The van der Waals surface area contributed by atoms with Crippen LogP contribution in [0, 0.1) is 10.1 Å². The fraction of sp³-hybridized carbons (Fsp3) is 0.188. The molecule has 2 aromatic carbocycles. The highest BCUT2D eigenvalue weighted by molar-refractivity contribution is 6.20. The van der Waals surface area contributed by atoms with Crippen molar-refractivity contribution in [1.82, 2.24) is 0 Å². The van der Waals surface area contributed by atoms with Crippen molar-refractivity contribution in [3.8, 4) is 5.75 Å². The van der Waals surface area contributed by atoms with E-state index in [0.29, 0.717) is 18.2 Å². The molecule has 0 aliphatic heterocycles. The molecule has 0 saturated heterocycles. The van der Waals surface area contributed by atoms with E-state index < -0.39 is 51.6 Å². The number of nitrogens with one attached hydrogen (secondary N) is 2. The van der Waals surface area contributed by atoms with Gasteiger partial charge in [0.2, 0.25) is 0 Å². The maximum absolute atomic E-state index is 13.1. The summed E-state index contributed by atoms with van der Waals surface area (Å²) >= 11 is 4.65. The van der Waals surface area contributed by atoms with Crippen LogP contribution in [-0.2, 0) is 6.18 Å². The lowest BCUT2D eigenvalue weighted by atomic mass is 10.1. The number of alkyl halides is 7. The fourth-order valence-corrected chi connectivity index (χ4v) is 2.10. The van der Waals surface area contributed by atoms with Crippen LogP contribution in [0.25, 0.3) is 0 Å². The largest absolute Gasteiger partial charge is 0.444 e. The minimum Gasteiger partial charge on any atom is -0.429 e. The van der Waals surface area contributed by atoms with E-state index >= 15 is 0 Å². The lowest BCUT2D eigenvalue weighted by molar-refractivity contribution is -0.385. The predicted molar refractivity (Wildman–Crippen MR) is 93.5 cm³/mol. The summed E-state index contributed by atoms with van der Waals surface area (Å²) in [4.78, 5) is 21.7. The number of hydrogen-bond donors (Lipinski definition) is 2. The first-order valence-electron chi connectivity index (χ1n) is 7.67. The molecule has 14 heteroatoms. The number of ether oxygens (including phenoxy) is 1. The molecule has 0 fully saturated rings. The number of hydrogen-bond acceptors (Lipinski definition) is 4. The van der Waals surface area contributed by atoms with Crippen molar-refractivity contribution in [3.05, 3.63) is 58.1 Å². The maximum Gasteiger partial charge on any atom is 0.444 e. The number of amides is 2. The molecule has 30 heavy (non-hydrogen) atoms. The molecule has 0 spiro atoms. The molecule has 0 saturated carbocycles. The number of nitro groups is 1. The Bertz CT molecular complexity index is 938. The fourth-order valence-electron chi connectivity index (χ4n) is 2.05. The third-order valence-electron chi connectivity index (χ3n) is 3.33. The van der Waals surface area contributed by atoms with Gasteiger partial charge in [-0.1, -0.05) is 11.6 Å². The number of rotatable bonds is 6. The third kappa shape index (κ3) is 6.14. The summed E-state index contributed by atoms with van der Waals surface area (Å²) in [6, 6.07) is 4.46. The predicted octanol–water partition coefficient (Wildman–Crippen LogP) is 5.76. The molecule has 0 radical (unpaired) electrons. The molecular weight excluding hydrogens is 448 g/mol. The van der Waals surface area contributed by atoms with Crippen LogP contribution in [0.2, 0.25) is 0 Å². The second-order valence-corrected chi connectivity index (χ2v) is 5.97. The van der Waals surface area contributed by atoms with Crippen molar-refractivity contribution < 1.29 is 40.8 Å². The number of anilines is 2. The average molecular weight is 458 g/mol. The molecule has 0 bridgehead atoms. The minimum atomic E-state index is -4.89. The first-order chi connectivity index (χ1) is 13.8. The summed E-state index contributed by atoms with van der Waals surface area (Å²) in [7, 11) is 0. The first kappa shape index (κ1) is 23.1. The van der Waals surface area contributed by atoms with Crippen LogP contribution in [0.5, 0.6) is 5.75 Å². The standard InChI is InChI=1S/C16H10ClF6N3O4/c17-13(18)16(22,23)30-12-3-1-9(2-4-12)24-14(27)25-10-5-8(15(19,20)21)6-11(7-10)26(28)29/h1-7,13H,(H2,24,25,27). The number of halogens is 7. The Morgan fingerprint density at radius 3 is 2.10 bits per heavy atom. The molecule has 0 aromatic heterocycles. The van der Waals surface area contributed by atoms with Crippen LogP contribution in [0.4, 0.5) is 48.2 Å². The maximum atomic E-state index is 13.1.